The Morgan fingerprint density at radius 3 is 2.83 bits per heavy atom. The third-order valence-electron chi connectivity index (χ3n) is 5.75. The number of ketones is 1. The number of fused-ring (bicyclic) bond motifs is 1. The average Bonchev–Trinajstić information content (AvgIpc) is 3.30. The maximum atomic E-state index is 14.9. The predicted octanol–water partition coefficient (Wildman–Crippen LogP) is 4.82. The molecule has 29 heavy (non-hydrogen) atoms. The van der Waals surface area contributed by atoms with E-state index in [4.69, 9.17) is 9.47 Å². The predicted molar refractivity (Wildman–Crippen MR) is 113 cm³/mol. The first-order valence-electron chi connectivity index (χ1n) is 10.6. The molecule has 158 valence electrons. The smallest absolute Gasteiger partial charge is 0.186 e. The van der Waals surface area contributed by atoms with Crippen molar-refractivity contribution in [2.75, 3.05) is 31.2 Å². The molecule has 1 atom stereocenters. The number of hydrogen-bond acceptors (Lipinski definition) is 6. The number of carbonyl (C=O) groups is 1. The van der Waals surface area contributed by atoms with Crippen LogP contribution in [0.2, 0.25) is 0 Å². The zero-order valence-electron chi connectivity index (χ0n) is 17.2. The summed E-state index contributed by atoms with van der Waals surface area (Å²) in [6.07, 6.45) is 5.00. The van der Waals surface area contributed by atoms with Crippen LogP contribution in [0.4, 0.5) is 9.52 Å². The van der Waals surface area contributed by atoms with Crippen molar-refractivity contribution in [2.45, 2.75) is 52.1 Å². The fourth-order valence-electron chi connectivity index (χ4n) is 4.09. The quantitative estimate of drug-likeness (QED) is 0.582. The number of aromatic nitrogens is 1. The van der Waals surface area contributed by atoms with Crippen molar-refractivity contribution in [3.05, 3.63) is 17.9 Å². The van der Waals surface area contributed by atoms with Crippen LogP contribution in [0, 0.1) is 17.7 Å². The van der Waals surface area contributed by atoms with E-state index in [0.717, 1.165) is 31.1 Å². The molecule has 1 aliphatic carbocycles. The maximum absolute atomic E-state index is 14.9. The van der Waals surface area contributed by atoms with E-state index < -0.39 is 0 Å². The van der Waals surface area contributed by atoms with Crippen LogP contribution in [-0.2, 0) is 9.53 Å². The molecule has 0 unspecified atom stereocenters. The second-order valence-electron chi connectivity index (χ2n) is 8.53. The number of rotatable bonds is 9. The summed E-state index contributed by atoms with van der Waals surface area (Å²) in [4.78, 5) is 17.9. The lowest BCUT2D eigenvalue weighted by Crippen LogP contribution is -2.36. The van der Waals surface area contributed by atoms with Crippen molar-refractivity contribution < 1.29 is 18.7 Å². The van der Waals surface area contributed by atoms with E-state index in [-0.39, 0.29) is 23.6 Å². The highest BCUT2D eigenvalue weighted by Crippen LogP contribution is 2.37. The van der Waals surface area contributed by atoms with Gasteiger partial charge in [-0.15, -0.1) is 0 Å². The minimum absolute atomic E-state index is 0.202. The third kappa shape index (κ3) is 4.89. The molecular formula is C22H29FN2O3S. The first kappa shape index (κ1) is 20.5. The highest BCUT2D eigenvalue weighted by atomic mass is 32.1. The summed E-state index contributed by atoms with van der Waals surface area (Å²) in [7, 11) is 0. The van der Waals surface area contributed by atoms with Crippen LogP contribution in [0.3, 0.4) is 0 Å². The fourth-order valence-corrected chi connectivity index (χ4v) is 5.14. The van der Waals surface area contributed by atoms with Gasteiger partial charge in [-0.25, -0.2) is 9.37 Å². The Kier molecular flexibility index (Phi) is 6.35. The number of carbonyl (C=O) groups excluding carboxylic acids is 1. The summed E-state index contributed by atoms with van der Waals surface area (Å²) < 4.78 is 27.2. The van der Waals surface area contributed by atoms with Crippen molar-refractivity contribution >= 4 is 32.5 Å². The molecule has 1 aromatic heterocycles. The minimum Gasteiger partial charge on any atom is -0.490 e. The van der Waals surface area contributed by atoms with Crippen LogP contribution in [0.25, 0.3) is 10.2 Å². The first-order valence-corrected chi connectivity index (χ1v) is 11.4. The SMILES string of the molecule is CC(=O)C[C@@H](C)COC1CC(COc2ccc3nc(N4CCCC4)sc3c2F)C1. The summed E-state index contributed by atoms with van der Waals surface area (Å²) in [5.74, 6) is 0.867. The summed E-state index contributed by atoms with van der Waals surface area (Å²) in [6.45, 7) is 6.78. The number of Topliss-reactive ketones (excluding diaryl/α,β-unsaturated/α-hetero) is 1. The molecule has 0 bridgehead atoms. The molecule has 2 aromatic rings. The van der Waals surface area contributed by atoms with Crippen LogP contribution in [0.15, 0.2) is 12.1 Å². The summed E-state index contributed by atoms with van der Waals surface area (Å²) in [6, 6.07) is 3.55. The second-order valence-corrected chi connectivity index (χ2v) is 9.51. The minimum atomic E-state index is -0.296. The number of halogens is 1. The Hall–Kier alpha value is -1.73. The van der Waals surface area contributed by atoms with Crippen molar-refractivity contribution in [1.82, 2.24) is 4.98 Å². The van der Waals surface area contributed by atoms with Crippen molar-refractivity contribution in [1.29, 1.82) is 0 Å². The largest absolute Gasteiger partial charge is 0.490 e. The van der Waals surface area contributed by atoms with E-state index in [1.807, 2.05) is 13.0 Å². The lowest BCUT2D eigenvalue weighted by molar-refractivity contribution is -0.119. The summed E-state index contributed by atoms with van der Waals surface area (Å²) in [5, 5.41) is 0.909. The van der Waals surface area contributed by atoms with E-state index in [0.29, 0.717) is 41.5 Å². The van der Waals surface area contributed by atoms with Crippen LogP contribution < -0.4 is 9.64 Å². The zero-order valence-corrected chi connectivity index (χ0v) is 18.0. The molecule has 1 saturated heterocycles. The second kappa shape index (κ2) is 8.96. The lowest BCUT2D eigenvalue weighted by Gasteiger charge is -2.35. The Morgan fingerprint density at radius 2 is 2.10 bits per heavy atom. The van der Waals surface area contributed by atoms with Crippen LogP contribution in [0.1, 0.15) is 46.0 Å². The molecule has 2 heterocycles. The van der Waals surface area contributed by atoms with Gasteiger partial charge in [-0.3, -0.25) is 0 Å². The Labute approximate surface area is 175 Å². The topological polar surface area (TPSA) is 51.7 Å². The van der Waals surface area contributed by atoms with Gasteiger partial charge in [0.1, 0.15) is 5.78 Å². The fraction of sp³-hybridized carbons (Fsp3) is 0.636. The van der Waals surface area contributed by atoms with Gasteiger partial charge in [-0.1, -0.05) is 18.3 Å². The molecular weight excluding hydrogens is 391 g/mol. The number of thiazole rings is 1. The van der Waals surface area contributed by atoms with Gasteiger partial charge in [0.25, 0.3) is 0 Å². The maximum Gasteiger partial charge on any atom is 0.186 e. The Balaban J connectivity index is 1.26. The normalized spacial score (nSPS) is 22.7. The standard InChI is InChI=1S/C22H29FN2O3S/c1-14(9-15(2)26)12-27-17-10-16(11-17)13-28-19-6-5-18-21(20(19)23)29-22(24-18)25-7-3-4-8-25/h5-6,14,16-17H,3-4,7-13H2,1-2H3/t14-,16?,17?/m1/s1. The summed E-state index contributed by atoms with van der Waals surface area (Å²) in [5.41, 5.74) is 0.707. The van der Waals surface area contributed by atoms with E-state index in [9.17, 15) is 9.18 Å². The number of hydrogen-bond donors (Lipinski definition) is 0. The van der Waals surface area contributed by atoms with E-state index in [1.165, 1.54) is 24.2 Å². The highest BCUT2D eigenvalue weighted by molar-refractivity contribution is 7.22. The van der Waals surface area contributed by atoms with Crippen LogP contribution in [0.5, 0.6) is 5.75 Å². The van der Waals surface area contributed by atoms with Crippen molar-refractivity contribution in [3.8, 4) is 5.75 Å². The van der Waals surface area contributed by atoms with Crippen molar-refractivity contribution in [2.24, 2.45) is 11.8 Å². The van der Waals surface area contributed by atoms with Gasteiger partial charge < -0.3 is 19.2 Å². The van der Waals surface area contributed by atoms with Gasteiger partial charge in [-0.05, 0) is 56.6 Å². The highest BCUT2D eigenvalue weighted by Gasteiger charge is 2.31. The summed E-state index contributed by atoms with van der Waals surface area (Å²) >= 11 is 1.42. The van der Waals surface area contributed by atoms with Gasteiger partial charge >= 0.3 is 0 Å². The van der Waals surface area contributed by atoms with E-state index in [1.54, 1.807) is 13.0 Å². The average molecular weight is 421 g/mol. The molecule has 7 heteroatoms. The molecule has 4 rings (SSSR count). The molecule has 1 aromatic carbocycles. The van der Waals surface area contributed by atoms with Gasteiger partial charge in [-0.2, -0.15) is 0 Å². The molecule has 0 N–H and O–H groups in total. The molecule has 0 spiro atoms. The molecule has 5 nitrogen and oxygen atoms in total. The number of anilines is 1. The number of nitrogens with zero attached hydrogens (tertiary/aromatic N) is 2. The van der Waals surface area contributed by atoms with Crippen molar-refractivity contribution in [3.63, 3.8) is 0 Å². The molecule has 0 amide bonds. The van der Waals surface area contributed by atoms with Gasteiger partial charge in [0, 0.05) is 26.1 Å². The van der Waals surface area contributed by atoms with Crippen LogP contribution >= 0.6 is 11.3 Å². The zero-order chi connectivity index (χ0) is 20.4. The van der Waals surface area contributed by atoms with Gasteiger partial charge in [0.05, 0.1) is 22.9 Å². The molecule has 1 saturated carbocycles. The third-order valence-corrected chi connectivity index (χ3v) is 6.87. The Bertz CT molecular complexity index is 859. The monoisotopic (exact) mass is 420 g/mol. The first-order chi connectivity index (χ1) is 14.0. The molecule has 2 fully saturated rings. The number of benzene rings is 1. The molecule has 0 radical (unpaired) electrons. The number of ether oxygens (including phenoxy) is 2. The lowest BCUT2D eigenvalue weighted by atomic mass is 9.83. The van der Waals surface area contributed by atoms with Gasteiger partial charge in [0.2, 0.25) is 0 Å². The van der Waals surface area contributed by atoms with Crippen LogP contribution in [-0.4, -0.2) is 43.2 Å². The Morgan fingerprint density at radius 1 is 1.34 bits per heavy atom. The van der Waals surface area contributed by atoms with E-state index >= 15 is 0 Å². The van der Waals surface area contributed by atoms with E-state index in [2.05, 4.69) is 9.88 Å². The molecule has 2 aliphatic rings. The van der Waals surface area contributed by atoms with Gasteiger partial charge in [0.15, 0.2) is 16.7 Å². The molecule has 1 aliphatic heterocycles.